The maximum atomic E-state index is 10.3. The molecule has 0 spiro atoms. The summed E-state index contributed by atoms with van der Waals surface area (Å²) >= 11 is 0. The molecule has 5 N–H and O–H groups in total. The lowest BCUT2D eigenvalue weighted by atomic mass is 10.1. The molecule has 0 aliphatic carbocycles. The average Bonchev–Trinajstić information content (AvgIpc) is 2.02. The van der Waals surface area contributed by atoms with E-state index in [9.17, 15) is 4.79 Å². The third kappa shape index (κ3) is 7.07. The van der Waals surface area contributed by atoms with Crippen LogP contribution in [0.25, 0.3) is 0 Å². The van der Waals surface area contributed by atoms with Gasteiger partial charge < -0.3 is 21.3 Å². The van der Waals surface area contributed by atoms with Gasteiger partial charge in [0.05, 0.1) is 5.92 Å². The average molecular weight is 189 g/mol. The molecular formula is C7H15N3O3. The highest BCUT2D eigenvalue weighted by Gasteiger charge is 2.09. The minimum absolute atomic E-state index is 0.0358. The van der Waals surface area contributed by atoms with Crippen molar-refractivity contribution in [2.75, 3.05) is 13.3 Å². The Kier molecular flexibility index (Phi) is 5.62. The zero-order valence-corrected chi connectivity index (χ0v) is 7.56. The highest BCUT2D eigenvalue weighted by Crippen LogP contribution is 2.01. The van der Waals surface area contributed by atoms with Gasteiger partial charge in [0.25, 0.3) is 0 Å². The monoisotopic (exact) mass is 189 g/mol. The van der Waals surface area contributed by atoms with E-state index in [2.05, 4.69) is 4.99 Å². The summed E-state index contributed by atoms with van der Waals surface area (Å²) in [5.74, 6) is -1.27. The molecule has 0 fully saturated rings. The second-order valence-electron chi connectivity index (χ2n) is 2.65. The number of carbonyl (C=O) groups is 1. The molecule has 0 heterocycles. The zero-order valence-electron chi connectivity index (χ0n) is 7.56. The van der Waals surface area contributed by atoms with E-state index in [-0.39, 0.29) is 12.7 Å². The summed E-state index contributed by atoms with van der Waals surface area (Å²) in [6.45, 7) is 2.03. The molecule has 1 unspecified atom stereocenters. The first-order chi connectivity index (χ1) is 6.04. The summed E-state index contributed by atoms with van der Waals surface area (Å²) in [5.41, 5.74) is 10.1. The van der Waals surface area contributed by atoms with Crippen molar-refractivity contribution in [2.45, 2.75) is 13.3 Å². The van der Waals surface area contributed by atoms with E-state index < -0.39 is 11.9 Å². The van der Waals surface area contributed by atoms with Crippen molar-refractivity contribution < 1.29 is 14.6 Å². The Balaban J connectivity index is 3.36. The summed E-state index contributed by atoms with van der Waals surface area (Å²) in [5, 5.41) is 8.50. The minimum atomic E-state index is -0.828. The van der Waals surface area contributed by atoms with Gasteiger partial charge >= 0.3 is 5.97 Å². The molecule has 0 aliphatic heterocycles. The van der Waals surface area contributed by atoms with Gasteiger partial charge in [0, 0.05) is 6.61 Å². The number of ether oxygens (including phenoxy) is 1. The number of hydrogen-bond acceptors (Lipinski definition) is 3. The van der Waals surface area contributed by atoms with Crippen molar-refractivity contribution in [3.8, 4) is 0 Å². The summed E-state index contributed by atoms with van der Waals surface area (Å²) in [7, 11) is 0. The Labute approximate surface area is 76.6 Å². The molecule has 0 aliphatic rings. The third-order valence-corrected chi connectivity index (χ3v) is 1.46. The molecule has 0 aromatic carbocycles. The lowest BCUT2D eigenvalue weighted by Gasteiger charge is -2.04. The second kappa shape index (κ2) is 6.24. The Morgan fingerprint density at radius 3 is 2.69 bits per heavy atom. The molecule has 6 heteroatoms. The van der Waals surface area contributed by atoms with E-state index in [0.717, 1.165) is 0 Å². The summed E-state index contributed by atoms with van der Waals surface area (Å²) in [4.78, 5) is 13.9. The van der Waals surface area contributed by atoms with Crippen molar-refractivity contribution in [1.29, 1.82) is 0 Å². The molecule has 1 atom stereocenters. The number of aliphatic carboxylic acids is 1. The first-order valence-electron chi connectivity index (χ1n) is 3.90. The van der Waals surface area contributed by atoms with Crippen LogP contribution in [-0.2, 0) is 9.53 Å². The first-order valence-corrected chi connectivity index (χ1v) is 3.90. The van der Waals surface area contributed by atoms with Crippen LogP contribution in [0.1, 0.15) is 13.3 Å². The van der Waals surface area contributed by atoms with E-state index in [1.54, 1.807) is 6.92 Å². The van der Waals surface area contributed by atoms with Crippen molar-refractivity contribution in [3.05, 3.63) is 0 Å². The van der Waals surface area contributed by atoms with Crippen LogP contribution in [0.5, 0.6) is 0 Å². The van der Waals surface area contributed by atoms with Crippen LogP contribution in [0.2, 0.25) is 0 Å². The number of rotatable bonds is 6. The van der Waals surface area contributed by atoms with Crippen molar-refractivity contribution in [2.24, 2.45) is 22.4 Å². The molecule has 0 aromatic heterocycles. The normalized spacial score (nSPS) is 12.1. The molecule has 13 heavy (non-hydrogen) atoms. The Bertz CT molecular complexity index is 189. The fourth-order valence-corrected chi connectivity index (χ4v) is 0.568. The van der Waals surface area contributed by atoms with E-state index in [4.69, 9.17) is 21.3 Å². The number of guanidine groups is 1. The van der Waals surface area contributed by atoms with Crippen LogP contribution >= 0.6 is 0 Å². The SMILES string of the molecule is CC(CCOCN=C(N)N)C(=O)O. The number of carboxylic acids is 1. The van der Waals surface area contributed by atoms with Crippen LogP contribution in [0.4, 0.5) is 0 Å². The number of hydrogen-bond donors (Lipinski definition) is 3. The quantitative estimate of drug-likeness (QED) is 0.292. The fourth-order valence-electron chi connectivity index (χ4n) is 0.568. The summed E-state index contributed by atoms with van der Waals surface area (Å²) in [6, 6.07) is 0. The second-order valence-corrected chi connectivity index (χ2v) is 2.65. The third-order valence-electron chi connectivity index (χ3n) is 1.46. The maximum Gasteiger partial charge on any atom is 0.306 e. The van der Waals surface area contributed by atoms with Crippen LogP contribution in [-0.4, -0.2) is 30.4 Å². The molecule has 0 aromatic rings. The minimum Gasteiger partial charge on any atom is -0.481 e. The predicted octanol–water partition coefficient (Wildman–Crippen LogP) is -0.655. The van der Waals surface area contributed by atoms with Gasteiger partial charge in [-0.25, -0.2) is 4.99 Å². The van der Waals surface area contributed by atoms with Gasteiger partial charge in [0.2, 0.25) is 0 Å². The Hall–Kier alpha value is -1.30. The van der Waals surface area contributed by atoms with Gasteiger partial charge in [-0.15, -0.1) is 0 Å². The number of carboxylic acid groups (broad SMARTS) is 1. The lowest BCUT2D eigenvalue weighted by Crippen LogP contribution is -2.23. The molecule has 0 bridgehead atoms. The zero-order chi connectivity index (χ0) is 10.3. The van der Waals surface area contributed by atoms with Gasteiger partial charge in [-0.3, -0.25) is 4.79 Å². The number of nitrogens with two attached hydrogens (primary N) is 2. The summed E-state index contributed by atoms with van der Waals surface area (Å²) < 4.78 is 4.95. The van der Waals surface area contributed by atoms with Crippen LogP contribution in [0.15, 0.2) is 4.99 Å². The van der Waals surface area contributed by atoms with Crippen molar-refractivity contribution in [1.82, 2.24) is 0 Å². The van der Waals surface area contributed by atoms with E-state index in [1.165, 1.54) is 0 Å². The lowest BCUT2D eigenvalue weighted by molar-refractivity contribution is -0.141. The highest BCUT2D eigenvalue weighted by molar-refractivity contribution is 5.75. The molecule has 0 saturated heterocycles. The number of nitrogens with zero attached hydrogens (tertiary/aromatic N) is 1. The van der Waals surface area contributed by atoms with Gasteiger partial charge in [-0.1, -0.05) is 6.92 Å². The molecule has 76 valence electrons. The predicted molar refractivity (Wildman–Crippen MR) is 48.0 cm³/mol. The van der Waals surface area contributed by atoms with Gasteiger partial charge in [-0.05, 0) is 6.42 Å². The number of aliphatic imine (C=N–C) groups is 1. The maximum absolute atomic E-state index is 10.3. The molecule has 0 radical (unpaired) electrons. The van der Waals surface area contributed by atoms with Crippen LogP contribution < -0.4 is 11.5 Å². The Morgan fingerprint density at radius 2 is 2.23 bits per heavy atom. The molecular weight excluding hydrogens is 174 g/mol. The van der Waals surface area contributed by atoms with Gasteiger partial charge in [0.15, 0.2) is 5.96 Å². The largest absolute Gasteiger partial charge is 0.481 e. The topological polar surface area (TPSA) is 111 Å². The first kappa shape index (κ1) is 11.7. The van der Waals surface area contributed by atoms with E-state index in [0.29, 0.717) is 13.0 Å². The smallest absolute Gasteiger partial charge is 0.306 e. The fraction of sp³-hybridized carbons (Fsp3) is 0.714. The van der Waals surface area contributed by atoms with Crippen molar-refractivity contribution >= 4 is 11.9 Å². The van der Waals surface area contributed by atoms with Gasteiger partial charge in [0.1, 0.15) is 6.73 Å². The van der Waals surface area contributed by atoms with E-state index in [1.807, 2.05) is 0 Å². The summed E-state index contributed by atoms with van der Waals surface area (Å²) in [6.07, 6.45) is 0.454. The van der Waals surface area contributed by atoms with Crippen LogP contribution in [0, 0.1) is 5.92 Å². The molecule has 6 nitrogen and oxygen atoms in total. The Morgan fingerprint density at radius 1 is 1.62 bits per heavy atom. The van der Waals surface area contributed by atoms with Gasteiger partial charge in [-0.2, -0.15) is 0 Å². The molecule has 0 saturated carbocycles. The van der Waals surface area contributed by atoms with Crippen LogP contribution in [0.3, 0.4) is 0 Å². The van der Waals surface area contributed by atoms with E-state index >= 15 is 0 Å². The molecule has 0 rings (SSSR count). The standard InChI is InChI=1S/C7H15N3O3/c1-5(6(11)12)2-3-13-4-10-7(8)9/h5H,2-4H2,1H3,(H,11,12)(H4,8,9,10). The molecule has 0 amide bonds. The highest BCUT2D eigenvalue weighted by atomic mass is 16.5. The van der Waals surface area contributed by atoms with Crippen molar-refractivity contribution in [3.63, 3.8) is 0 Å².